The van der Waals surface area contributed by atoms with Gasteiger partial charge >= 0.3 is 0 Å². The number of carbonyl (C=O) groups is 2. The van der Waals surface area contributed by atoms with Crippen LogP contribution in [-0.2, 0) is 9.59 Å². The number of Topliss-reactive ketones (excluding diaryl/α,β-unsaturated/α-hetero) is 1. The molecular formula is C28H33N3O4. The van der Waals surface area contributed by atoms with Crippen molar-refractivity contribution in [2.75, 3.05) is 25.1 Å². The number of piperidine rings is 1. The number of aliphatic hydroxyl groups is 1. The molecule has 184 valence electrons. The highest BCUT2D eigenvalue weighted by atomic mass is 16.5. The number of carbonyl (C=O) groups excluding carboxylic acids is 2. The van der Waals surface area contributed by atoms with E-state index in [1.807, 2.05) is 23.1 Å². The summed E-state index contributed by atoms with van der Waals surface area (Å²) in [6.45, 7) is 1.66. The maximum atomic E-state index is 13.4. The van der Waals surface area contributed by atoms with Gasteiger partial charge in [-0.15, -0.1) is 0 Å². The minimum absolute atomic E-state index is 0.0161. The highest BCUT2D eigenvalue weighted by Gasteiger charge is 2.51. The Hall–Kier alpha value is -3.35. The molecule has 3 aliphatic rings. The monoisotopic (exact) mass is 475 g/mol. The van der Waals surface area contributed by atoms with Crippen molar-refractivity contribution in [1.82, 2.24) is 9.88 Å². The van der Waals surface area contributed by atoms with Gasteiger partial charge in [-0.3, -0.25) is 9.59 Å². The van der Waals surface area contributed by atoms with E-state index in [4.69, 9.17) is 4.74 Å². The Labute approximate surface area is 206 Å². The number of hydrogen-bond donors (Lipinski definition) is 1. The highest BCUT2D eigenvalue weighted by molar-refractivity contribution is 6.46. The van der Waals surface area contributed by atoms with Crippen LogP contribution in [0.2, 0.25) is 0 Å². The van der Waals surface area contributed by atoms with Crippen LogP contribution < -0.4 is 9.64 Å². The third kappa shape index (κ3) is 4.51. The lowest BCUT2D eigenvalue weighted by molar-refractivity contribution is -0.142. The molecule has 1 aromatic carbocycles. The van der Waals surface area contributed by atoms with Crippen molar-refractivity contribution in [3.8, 4) is 5.88 Å². The molecule has 2 saturated heterocycles. The topological polar surface area (TPSA) is 83.0 Å². The molecule has 0 radical (unpaired) electrons. The van der Waals surface area contributed by atoms with Gasteiger partial charge in [-0.25, -0.2) is 4.98 Å². The second kappa shape index (κ2) is 10.1. The van der Waals surface area contributed by atoms with Crippen molar-refractivity contribution in [3.05, 3.63) is 59.8 Å². The molecule has 1 aromatic heterocycles. The van der Waals surface area contributed by atoms with Crippen molar-refractivity contribution < 1.29 is 19.4 Å². The number of para-hydroxylation sites is 1. The second-order valence-electron chi connectivity index (χ2n) is 9.79. The number of aliphatic hydroxyl groups excluding tert-OH is 1. The van der Waals surface area contributed by atoms with Crippen LogP contribution in [0.25, 0.3) is 5.76 Å². The van der Waals surface area contributed by atoms with Crippen molar-refractivity contribution in [3.63, 3.8) is 0 Å². The number of methoxy groups -OCH3 is 1. The molecule has 1 amide bonds. The number of anilines is 1. The highest BCUT2D eigenvalue weighted by Crippen LogP contribution is 2.41. The third-order valence-corrected chi connectivity index (χ3v) is 7.82. The fraction of sp³-hybridized carbons (Fsp3) is 0.464. The summed E-state index contributed by atoms with van der Waals surface area (Å²) in [6, 6.07) is 13.2. The summed E-state index contributed by atoms with van der Waals surface area (Å²) in [5.41, 5.74) is 1.87. The van der Waals surface area contributed by atoms with Crippen LogP contribution in [0.3, 0.4) is 0 Å². The van der Waals surface area contributed by atoms with Gasteiger partial charge in [0.2, 0.25) is 5.88 Å². The number of pyridine rings is 1. The largest absolute Gasteiger partial charge is 0.507 e. The van der Waals surface area contributed by atoms with Crippen LogP contribution in [0.15, 0.2) is 54.2 Å². The summed E-state index contributed by atoms with van der Waals surface area (Å²) in [5.74, 6) is -0.565. The van der Waals surface area contributed by atoms with E-state index in [1.165, 1.54) is 25.4 Å². The van der Waals surface area contributed by atoms with E-state index in [0.29, 0.717) is 11.4 Å². The van der Waals surface area contributed by atoms with Crippen LogP contribution in [0.5, 0.6) is 5.88 Å². The number of aromatic nitrogens is 1. The summed E-state index contributed by atoms with van der Waals surface area (Å²) in [5, 5.41) is 11.3. The Bertz CT molecular complexity index is 1080. The molecule has 0 spiro atoms. The lowest BCUT2D eigenvalue weighted by Crippen LogP contribution is -2.51. The standard InChI is InChI=1S/C28H33N3O4/c1-35-23-13-12-20(18-29-23)26(32)24-25(19-8-4-2-5-9-19)31(28(34)27(24)33)22-14-16-30(17-15-22)21-10-6-3-7-11-21/h3,6-7,10-13,18-19,22,25,32H,2,4-5,8-9,14-17H2,1H3/b26-24-. The molecule has 3 fully saturated rings. The van der Waals surface area contributed by atoms with Crippen LogP contribution in [0, 0.1) is 5.92 Å². The number of ketones is 1. The Morgan fingerprint density at radius 3 is 2.31 bits per heavy atom. The minimum Gasteiger partial charge on any atom is -0.507 e. The van der Waals surface area contributed by atoms with Crippen LogP contribution in [-0.4, -0.2) is 59.0 Å². The van der Waals surface area contributed by atoms with Crippen LogP contribution >= 0.6 is 0 Å². The van der Waals surface area contributed by atoms with Crippen LogP contribution in [0.1, 0.15) is 50.5 Å². The number of likely N-dealkylation sites (tertiary alicyclic amines) is 1. The molecule has 35 heavy (non-hydrogen) atoms. The molecule has 1 aliphatic carbocycles. The summed E-state index contributed by atoms with van der Waals surface area (Å²) in [4.78, 5) is 35.2. The Kier molecular flexibility index (Phi) is 6.75. The summed E-state index contributed by atoms with van der Waals surface area (Å²) in [7, 11) is 1.53. The van der Waals surface area contributed by atoms with E-state index in [1.54, 1.807) is 12.1 Å². The Morgan fingerprint density at radius 1 is 0.971 bits per heavy atom. The molecule has 0 bridgehead atoms. The van der Waals surface area contributed by atoms with Crippen molar-refractivity contribution in [2.24, 2.45) is 5.92 Å². The van der Waals surface area contributed by atoms with E-state index in [-0.39, 0.29) is 29.3 Å². The molecule has 1 unspecified atom stereocenters. The first kappa shape index (κ1) is 23.4. The van der Waals surface area contributed by atoms with Gasteiger partial charge in [0, 0.05) is 42.6 Å². The second-order valence-corrected chi connectivity index (χ2v) is 9.79. The molecule has 7 nitrogen and oxygen atoms in total. The quantitative estimate of drug-likeness (QED) is 0.392. The summed E-state index contributed by atoms with van der Waals surface area (Å²) < 4.78 is 5.12. The predicted octanol–water partition coefficient (Wildman–Crippen LogP) is 4.39. The lowest BCUT2D eigenvalue weighted by atomic mass is 9.80. The molecular weight excluding hydrogens is 442 g/mol. The van der Waals surface area contributed by atoms with E-state index in [0.717, 1.165) is 51.6 Å². The number of amides is 1. The normalized spacial score (nSPS) is 23.6. The van der Waals surface area contributed by atoms with Gasteiger partial charge in [0.25, 0.3) is 11.7 Å². The number of benzene rings is 1. The average molecular weight is 476 g/mol. The average Bonchev–Trinajstić information content (AvgIpc) is 3.19. The molecule has 5 rings (SSSR count). The van der Waals surface area contributed by atoms with E-state index >= 15 is 0 Å². The van der Waals surface area contributed by atoms with Crippen molar-refractivity contribution >= 4 is 23.1 Å². The smallest absolute Gasteiger partial charge is 0.295 e. The van der Waals surface area contributed by atoms with Crippen molar-refractivity contribution in [2.45, 2.75) is 57.0 Å². The molecule has 3 heterocycles. The number of rotatable bonds is 5. The van der Waals surface area contributed by atoms with Gasteiger partial charge in [0.05, 0.1) is 18.7 Å². The first-order valence-corrected chi connectivity index (χ1v) is 12.7. The third-order valence-electron chi connectivity index (χ3n) is 7.82. The predicted molar refractivity (Wildman–Crippen MR) is 134 cm³/mol. The fourth-order valence-electron chi connectivity index (χ4n) is 6.02. The van der Waals surface area contributed by atoms with E-state index in [9.17, 15) is 14.7 Å². The lowest BCUT2D eigenvalue weighted by Gasteiger charge is -2.42. The van der Waals surface area contributed by atoms with Gasteiger partial charge in [-0.05, 0) is 49.8 Å². The van der Waals surface area contributed by atoms with Crippen molar-refractivity contribution in [1.29, 1.82) is 0 Å². The maximum Gasteiger partial charge on any atom is 0.295 e. The maximum absolute atomic E-state index is 13.4. The summed E-state index contributed by atoms with van der Waals surface area (Å²) >= 11 is 0. The number of ether oxygens (including phenoxy) is 1. The Balaban J connectivity index is 1.46. The zero-order valence-electron chi connectivity index (χ0n) is 20.2. The van der Waals surface area contributed by atoms with E-state index in [2.05, 4.69) is 22.0 Å². The van der Waals surface area contributed by atoms with Gasteiger partial charge in [-0.2, -0.15) is 0 Å². The van der Waals surface area contributed by atoms with Gasteiger partial charge in [0.1, 0.15) is 5.76 Å². The van der Waals surface area contributed by atoms with Gasteiger partial charge in [-0.1, -0.05) is 37.5 Å². The molecule has 1 saturated carbocycles. The zero-order chi connectivity index (χ0) is 24.4. The van der Waals surface area contributed by atoms with Crippen LogP contribution in [0.4, 0.5) is 5.69 Å². The fourth-order valence-corrected chi connectivity index (χ4v) is 6.02. The zero-order valence-corrected chi connectivity index (χ0v) is 20.2. The first-order chi connectivity index (χ1) is 17.1. The van der Waals surface area contributed by atoms with Gasteiger partial charge in [0.15, 0.2) is 0 Å². The van der Waals surface area contributed by atoms with E-state index < -0.39 is 11.7 Å². The Morgan fingerprint density at radius 2 is 1.69 bits per heavy atom. The van der Waals surface area contributed by atoms with Gasteiger partial charge < -0.3 is 19.6 Å². The molecule has 7 heteroatoms. The summed E-state index contributed by atoms with van der Waals surface area (Å²) in [6.07, 6.45) is 8.37. The SMILES string of the molecule is COc1ccc(/C(O)=C2/C(=O)C(=O)N(C3CCN(c4ccccc4)CC3)C2C2CCCCC2)cn1. The molecule has 2 aliphatic heterocycles. The molecule has 1 N–H and O–H groups in total. The molecule has 2 aromatic rings. The first-order valence-electron chi connectivity index (χ1n) is 12.7. The molecule has 1 atom stereocenters. The number of nitrogens with zero attached hydrogens (tertiary/aromatic N) is 3. The minimum atomic E-state index is -0.570. The number of hydrogen-bond acceptors (Lipinski definition) is 6.